The molecule has 0 aromatic heterocycles. The number of likely N-dealkylation sites (tertiary alicyclic amines) is 1. The molecule has 2 fully saturated rings. The topological polar surface area (TPSA) is 23.6 Å². The number of nitrogens with zero attached hydrogens (tertiary/aromatic N) is 2. The van der Waals surface area contributed by atoms with Gasteiger partial charge in [-0.2, -0.15) is 0 Å². The van der Waals surface area contributed by atoms with Crippen LogP contribution in [0.15, 0.2) is 22.7 Å². The van der Waals surface area contributed by atoms with Crippen molar-refractivity contribution in [2.45, 2.75) is 25.7 Å². The Balaban J connectivity index is 1.60. The fraction of sp³-hybridized carbons (Fsp3) is 0.588. The fourth-order valence-electron chi connectivity index (χ4n) is 3.58. The molecule has 2 aliphatic heterocycles. The zero-order valence-electron chi connectivity index (χ0n) is 12.4. The van der Waals surface area contributed by atoms with Crippen LogP contribution in [0.5, 0.6) is 0 Å². The molecule has 0 aliphatic carbocycles. The maximum atomic E-state index is 11.2. The van der Waals surface area contributed by atoms with E-state index >= 15 is 0 Å². The predicted octanol–water partition coefficient (Wildman–Crippen LogP) is 3.57. The molecule has 2 saturated heterocycles. The van der Waals surface area contributed by atoms with E-state index in [1.807, 2.05) is 12.1 Å². The maximum absolute atomic E-state index is 11.2. The normalized spacial score (nSPS) is 20.9. The summed E-state index contributed by atoms with van der Waals surface area (Å²) in [7, 11) is 0. The summed E-state index contributed by atoms with van der Waals surface area (Å²) in [6, 6.07) is 5.92. The van der Waals surface area contributed by atoms with Gasteiger partial charge in [0.1, 0.15) is 0 Å². The monoisotopic (exact) mass is 350 g/mol. The zero-order valence-corrected chi connectivity index (χ0v) is 14.0. The second-order valence-corrected chi connectivity index (χ2v) is 7.17. The molecule has 3 nitrogen and oxygen atoms in total. The van der Waals surface area contributed by atoms with Crippen molar-refractivity contribution in [3.05, 3.63) is 28.2 Å². The van der Waals surface area contributed by atoms with Crippen LogP contribution in [0.2, 0.25) is 0 Å². The number of benzene rings is 1. The van der Waals surface area contributed by atoms with Gasteiger partial charge in [-0.1, -0.05) is 15.9 Å². The van der Waals surface area contributed by atoms with Crippen molar-refractivity contribution >= 4 is 27.9 Å². The van der Waals surface area contributed by atoms with Gasteiger partial charge in [0.25, 0.3) is 0 Å². The molecule has 0 amide bonds. The third-order valence-corrected chi connectivity index (χ3v) is 5.28. The van der Waals surface area contributed by atoms with E-state index in [1.54, 1.807) is 0 Å². The fourth-order valence-corrected chi connectivity index (χ4v) is 3.93. The van der Waals surface area contributed by atoms with Gasteiger partial charge in [0.2, 0.25) is 0 Å². The largest absolute Gasteiger partial charge is 0.371 e. The molecular formula is C17H23BrN2O. The summed E-state index contributed by atoms with van der Waals surface area (Å²) in [5.41, 5.74) is 1.88. The van der Waals surface area contributed by atoms with Crippen LogP contribution in [0.4, 0.5) is 5.69 Å². The second-order valence-electron chi connectivity index (χ2n) is 6.26. The van der Waals surface area contributed by atoms with E-state index in [2.05, 4.69) is 31.8 Å². The number of hydrogen-bond donors (Lipinski definition) is 0. The van der Waals surface area contributed by atoms with Crippen molar-refractivity contribution in [1.29, 1.82) is 0 Å². The Hall–Kier alpha value is -0.870. The molecule has 0 unspecified atom stereocenters. The van der Waals surface area contributed by atoms with E-state index in [0.29, 0.717) is 0 Å². The lowest BCUT2D eigenvalue weighted by atomic mass is 9.95. The van der Waals surface area contributed by atoms with Gasteiger partial charge in [-0.05, 0) is 62.9 Å². The number of carbonyl (C=O) groups is 1. The van der Waals surface area contributed by atoms with Gasteiger partial charge in [-0.25, -0.2) is 0 Å². The van der Waals surface area contributed by atoms with Crippen molar-refractivity contribution < 1.29 is 4.79 Å². The van der Waals surface area contributed by atoms with Crippen LogP contribution in [-0.4, -0.2) is 43.9 Å². The zero-order chi connectivity index (χ0) is 14.7. The quantitative estimate of drug-likeness (QED) is 0.775. The highest BCUT2D eigenvalue weighted by molar-refractivity contribution is 9.10. The van der Waals surface area contributed by atoms with E-state index < -0.39 is 0 Å². The van der Waals surface area contributed by atoms with Crippen molar-refractivity contribution in [2.24, 2.45) is 5.92 Å². The Morgan fingerprint density at radius 3 is 2.52 bits per heavy atom. The van der Waals surface area contributed by atoms with Gasteiger partial charge >= 0.3 is 0 Å². The lowest BCUT2D eigenvalue weighted by molar-refractivity contribution is 0.112. The summed E-state index contributed by atoms with van der Waals surface area (Å²) in [5.74, 6) is 0.825. The number of aldehydes is 1. The number of carbonyl (C=O) groups excluding carboxylic acids is 1. The lowest BCUT2D eigenvalue weighted by Gasteiger charge is -2.35. The van der Waals surface area contributed by atoms with Crippen LogP contribution in [0.25, 0.3) is 0 Å². The minimum Gasteiger partial charge on any atom is -0.371 e. The number of hydrogen-bond acceptors (Lipinski definition) is 3. The maximum Gasteiger partial charge on any atom is 0.152 e. The molecule has 3 rings (SSSR count). The Labute approximate surface area is 135 Å². The minimum absolute atomic E-state index is 0.802. The highest BCUT2D eigenvalue weighted by Crippen LogP contribution is 2.29. The molecule has 1 aromatic carbocycles. The molecule has 0 bridgehead atoms. The summed E-state index contributed by atoms with van der Waals surface area (Å²) in [4.78, 5) is 16.2. The highest BCUT2D eigenvalue weighted by Gasteiger charge is 2.24. The average molecular weight is 351 g/mol. The standard InChI is InChI=1S/C17H23BrN2O/c18-16-4-3-15(13-21)17(11-16)20-9-5-14(6-10-20)12-19-7-1-2-8-19/h3-4,11,13-14H,1-2,5-10,12H2. The summed E-state index contributed by atoms with van der Waals surface area (Å²) in [6.45, 7) is 5.99. The smallest absolute Gasteiger partial charge is 0.152 e. The Bertz CT molecular complexity index is 492. The first kappa shape index (κ1) is 15.0. The minimum atomic E-state index is 0.802. The van der Waals surface area contributed by atoms with Crippen LogP contribution in [0.3, 0.4) is 0 Å². The third-order valence-electron chi connectivity index (χ3n) is 4.79. The summed E-state index contributed by atoms with van der Waals surface area (Å²) >= 11 is 3.51. The molecular weight excluding hydrogens is 328 g/mol. The summed E-state index contributed by atoms with van der Waals surface area (Å²) in [6.07, 6.45) is 6.19. The average Bonchev–Trinajstić information content (AvgIpc) is 3.01. The van der Waals surface area contributed by atoms with Crippen LogP contribution >= 0.6 is 15.9 Å². The Morgan fingerprint density at radius 1 is 1.14 bits per heavy atom. The molecule has 4 heteroatoms. The van der Waals surface area contributed by atoms with Gasteiger partial charge in [-0.3, -0.25) is 4.79 Å². The molecule has 1 aromatic rings. The molecule has 0 atom stereocenters. The van der Waals surface area contributed by atoms with Crippen LogP contribution in [0.1, 0.15) is 36.0 Å². The number of halogens is 1. The van der Waals surface area contributed by atoms with Gasteiger partial charge in [0.15, 0.2) is 6.29 Å². The summed E-state index contributed by atoms with van der Waals surface area (Å²) < 4.78 is 1.04. The Kier molecular flexibility index (Phi) is 4.96. The molecule has 2 heterocycles. The second kappa shape index (κ2) is 6.93. The van der Waals surface area contributed by atoms with Crippen molar-refractivity contribution in [3.8, 4) is 0 Å². The SMILES string of the molecule is O=Cc1ccc(Br)cc1N1CCC(CN2CCCC2)CC1. The van der Waals surface area contributed by atoms with E-state index in [4.69, 9.17) is 0 Å². The molecule has 0 radical (unpaired) electrons. The number of rotatable bonds is 4. The van der Waals surface area contributed by atoms with Crippen molar-refractivity contribution in [3.63, 3.8) is 0 Å². The first-order valence-corrected chi connectivity index (χ1v) is 8.77. The van der Waals surface area contributed by atoms with Gasteiger partial charge in [0.05, 0.1) is 0 Å². The molecule has 21 heavy (non-hydrogen) atoms. The molecule has 0 N–H and O–H groups in total. The first-order chi connectivity index (χ1) is 10.3. The summed E-state index contributed by atoms with van der Waals surface area (Å²) in [5, 5.41) is 0. The number of piperidine rings is 1. The van der Waals surface area contributed by atoms with Gasteiger partial charge < -0.3 is 9.80 Å². The first-order valence-electron chi connectivity index (χ1n) is 7.98. The molecule has 0 saturated carbocycles. The third kappa shape index (κ3) is 3.67. The van der Waals surface area contributed by atoms with Gasteiger partial charge in [0, 0.05) is 35.4 Å². The lowest BCUT2D eigenvalue weighted by Crippen LogP contribution is -2.38. The molecule has 114 valence electrons. The van der Waals surface area contributed by atoms with Crippen molar-refractivity contribution in [1.82, 2.24) is 4.90 Å². The van der Waals surface area contributed by atoms with Crippen molar-refractivity contribution in [2.75, 3.05) is 37.6 Å². The van der Waals surface area contributed by atoms with Crippen LogP contribution in [0, 0.1) is 5.92 Å². The predicted molar refractivity (Wildman–Crippen MR) is 90.1 cm³/mol. The van der Waals surface area contributed by atoms with E-state index in [-0.39, 0.29) is 0 Å². The highest BCUT2D eigenvalue weighted by atomic mass is 79.9. The number of anilines is 1. The van der Waals surface area contributed by atoms with Gasteiger partial charge in [-0.15, -0.1) is 0 Å². The van der Waals surface area contributed by atoms with E-state index in [0.717, 1.165) is 41.0 Å². The van der Waals surface area contributed by atoms with E-state index in [9.17, 15) is 4.79 Å². The van der Waals surface area contributed by atoms with E-state index in [1.165, 1.54) is 45.3 Å². The van der Waals surface area contributed by atoms with Crippen LogP contribution in [-0.2, 0) is 0 Å². The Morgan fingerprint density at radius 2 is 1.86 bits per heavy atom. The molecule has 2 aliphatic rings. The van der Waals surface area contributed by atoms with Crippen LogP contribution < -0.4 is 4.90 Å². The molecule has 0 spiro atoms.